The number of unbranched alkanes of at least 4 members (excludes halogenated alkanes) is 6. The molecule has 0 aromatic heterocycles. The summed E-state index contributed by atoms with van der Waals surface area (Å²) in [6.07, 6.45) is 9.12. The smallest absolute Gasteiger partial charge is 0.119 e. The third-order valence-electron chi connectivity index (χ3n) is 4.55. The average Bonchev–Trinajstić information content (AvgIpc) is 2.71. The zero-order valence-electron chi connectivity index (χ0n) is 16.6. The van der Waals surface area contributed by atoms with Crippen molar-refractivity contribution in [3.8, 4) is 22.9 Å². The van der Waals surface area contributed by atoms with Crippen LogP contribution in [0.3, 0.4) is 0 Å². The molecule has 0 heterocycles. The van der Waals surface area contributed by atoms with E-state index < -0.39 is 0 Å². The van der Waals surface area contributed by atoms with Crippen LogP contribution in [0, 0.1) is 11.3 Å². The normalized spacial score (nSPS) is 11.7. The molecule has 2 aromatic carbocycles. The number of hydrogen-bond acceptors (Lipinski definition) is 3. The number of thioether (sulfide) groups is 1. The first-order valence-corrected chi connectivity index (χ1v) is 11.0. The molecule has 1 atom stereocenters. The number of benzene rings is 2. The molecule has 2 aromatic rings. The van der Waals surface area contributed by atoms with Gasteiger partial charge in [0.05, 0.1) is 17.9 Å². The molecule has 0 radical (unpaired) electrons. The van der Waals surface area contributed by atoms with Crippen LogP contribution in [0.5, 0.6) is 5.75 Å². The molecule has 0 saturated carbocycles. The molecule has 144 valence electrons. The summed E-state index contributed by atoms with van der Waals surface area (Å²) in [5.41, 5.74) is 2.37. The highest BCUT2D eigenvalue weighted by molar-refractivity contribution is 8.00. The Morgan fingerprint density at radius 2 is 1.41 bits per heavy atom. The van der Waals surface area contributed by atoms with Crippen molar-refractivity contribution >= 4 is 11.8 Å². The van der Waals surface area contributed by atoms with E-state index in [2.05, 4.69) is 61.5 Å². The van der Waals surface area contributed by atoms with Crippen molar-refractivity contribution < 1.29 is 4.74 Å². The molecule has 0 aliphatic heterocycles. The highest BCUT2D eigenvalue weighted by Crippen LogP contribution is 2.27. The minimum Gasteiger partial charge on any atom is -0.494 e. The Morgan fingerprint density at radius 3 is 2.00 bits per heavy atom. The van der Waals surface area contributed by atoms with Crippen molar-refractivity contribution in [3.05, 3.63) is 48.5 Å². The minimum atomic E-state index is -0.0244. The largest absolute Gasteiger partial charge is 0.494 e. The van der Waals surface area contributed by atoms with E-state index in [9.17, 15) is 0 Å². The van der Waals surface area contributed by atoms with Crippen LogP contribution in [0.4, 0.5) is 0 Å². The maximum atomic E-state index is 8.91. The molecule has 0 aliphatic carbocycles. The number of ether oxygens (including phenoxy) is 1. The highest BCUT2D eigenvalue weighted by Gasteiger charge is 2.04. The van der Waals surface area contributed by atoms with E-state index in [-0.39, 0.29) is 5.25 Å². The summed E-state index contributed by atoms with van der Waals surface area (Å²) < 4.78 is 5.87. The lowest BCUT2D eigenvalue weighted by atomic mass is 10.1. The highest BCUT2D eigenvalue weighted by atomic mass is 32.2. The number of nitrogens with zero attached hydrogens (tertiary/aromatic N) is 1. The maximum absolute atomic E-state index is 8.91. The third kappa shape index (κ3) is 8.10. The molecule has 27 heavy (non-hydrogen) atoms. The van der Waals surface area contributed by atoms with Crippen LogP contribution in [0.2, 0.25) is 0 Å². The van der Waals surface area contributed by atoms with Gasteiger partial charge in [-0.2, -0.15) is 5.26 Å². The first kappa shape index (κ1) is 21.4. The Bertz CT molecular complexity index is 688. The van der Waals surface area contributed by atoms with Crippen LogP contribution in [0.15, 0.2) is 53.4 Å². The SMILES string of the molecule is CCCCCCCCCOc1ccc(-c2ccc(S[C@H](C)C#N)cc2)cc1. The summed E-state index contributed by atoms with van der Waals surface area (Å²) in [4.78, 5) is 1.13. The average molecular weight is 382 g/mol. The molecule has 0 saturated heterocycles. The number of nitriles is 1. The summed E-state index contributed by atoms with van der Waals surface area (Å²) in [5, 5.41) is 8.88. The van der Waals surface area contributed by atoms with Crippen LogP contribution in [0.25, 0.3) is 11.1 Å². The minimum absolute atomic E-state index is 0.0244. The van der Waals surface area contributed by atoms with Crippen LogP contribution in [0.1, 0.15) is 58.8 Å². The zero-order chi connectivity index (χ0) is 19.3. The lowest BCUT2D eigenvalue weighted by molar-refractivity contribution is 0.304. The van der Waals surface area contributed by atoms with Gasteiger partial charge in [0.15, 0.2) is 0 Å². The van der Waals surface area contributed by atoms with Crippen molar-refractivity contribution in [1.82, 2.24) is 0 Å². The van der Waals surface area contributed by atoms with Gasteiger partial charge in [0, 0.05) is 4.90 Å². The van der Waals surface area contributed by atoms with Gasteiger partial charge in [-0.1, -0.05) is 69.7 Å². The summed E-state index contributed by atoms with van der Waals surface area (Å²) in [6.45, 7) is 4.98. The van der Waals surface area contributed by atoms with Gasteiger partial charge in [0.25, 0.3) is 0 Å². The van der Waals surface area contributed by atoms with E-state index in [1.807, 2.05) is 6.92 Å². The molecule has 0 N–H and O–H groups in total. The molecule has 0 amide bonds. The lowest BCUT2D eigenvalue weighted by Crippen LogP contribution is -1.97. The van der Waals surface area contributed by atoms with Gasteiger partial charge in [-0.15, -0.1) is 11.8 Å². The van der Waals surface area contributed by atoms with E-state index in [1.165, 1.54) is 49.7 Å². The first-order chi connectivity index (χ1) is 13.2. The predicted molar refractivity (Wildman–Crippen MR) is 116 cm³/mol. The molecule has 2 nitrogen and oxygen atoms in total. The Balaban J connectivity index is 1.74. The topological polar surface area (TPSA) is 33.0 Å². The molecule has 0 spiro atoms. The first-order valence-electron chi connectivity index (χ1n) is 10.1. The molecule has 0 fully saturated rings. The van der Waals surface area contributed by atoms with Gasteiger partial charge in [0.1, 0.15) is 5.75 Å². The predicted octanol–water partition coefficient (Wildman–Crippen LogP) is 7.49. The van der Waals surface area contributed by atoms with Gasteiger partial charge >= 0.3 is 0 Å². The van der Waals surface area contributed by atoms with Crippen LogP contribution in [-0.2, 0) is 0 Å². The Morgan fingerprint density at radius 1 is 0.852 bits per heavy atom. The summed E-state index contributed by atoms with van der Waals surface area (Å²) in [5.74, 6) is 0.944. The van der Waals surface area contributed by atoms with Crippen molar-refractivity contribution in [2.75, 3.05) is 6.61 Å². The van der Waals surface area contributed by atoms with E-state index in [4.69, 9.17) is 10.00 Å². The molecule has 0 bridgehead atoms. The van der Waals surface area contributed by atoms with E-state index >= 15 is 0 Å². The van der Waals surface area contributed by atoms with Crippen LogP contribution >= 0.6 is 11.8 Å². The molecule has 3 heteroatoms. The third-order valence-corrected chi connectivity index (χ3v) is 5.56. The molecule has 2 rings (SSSR count). The van der Waals surface area contributed by atoms with Crippen molar-refractivity contribution in [1.29, 1.82) is 5.26 Å². The second kappa shape index (κ2) is 12.5. The summed E-state index contributed by atoms with van der Waals surface area (Å²) in [6, 6.07) is 19.0. The molecular formula is C24H31NOS. The molecular weight excluding hydrogens is 350 g/mol. The fraction of sp³-hybridized carbons (Fsp3) is 0.458. The van der Waals surface area contributed by atoms with Crippen LogP contribution in [-0.4, -0.2) is 11.9 Å². The summed E-state index contributed by atoms with van der Waals surface area (Å²) >= 11 is 1.59. The van der Waals surface area contributed by atoms with Gasteiger partial charge in [0.2, 0.25) is 0 Å². The standard InChI is InChI=1S/C24H31NOS/c1-3-4-5-6-7-8-9-18-26-23-14-10-21(11-15-23)22-12-16-24(17-13-22)27-20(2)19-25/h10-17,20H,3-9,18H2,1-2H3/t20-/m1/s1. The monoisotopic (exact) mass is 381 g/mol. The Hall–Kier alpha value is -1.92. The Kier molecular flexibility index (Phi) is 9.87. The van der Waals surface area contributed by atoms with E-state index in [0.717, 1.165) is 23.7 Å². The van der Waals surface area contributed by atoms with Crippen molar-refractivity contribution in [2.24, 2.45) is 0 Å². The lowest BCUT2D eigenvalue weighted by Gasteiger charge is -2.08. The second-order valence-electron chi connectivity index (χ2n) is 6.91. The Labute approximate surface area is 168 Å². The van der Waals surface area contributed by atoms with Gasteiger partial charge in [-0.3, -0.25) is 0 Å². The fourth-order valence-corrected chi connectivity index (χ4v) is 3.70. The zero-order valence-corrected chi connectivity index (χ0v) is 17.4. The van der Waals surface area contributed by atoms with E-state index in [0.29, 0.717) is 0 Å². The maximum Gasteiger partial charge on any atom is 0.119 e. The van der Waals surface area contributed by atoms with Crippen molar-refractivity contribution in [2.45, 2.75) is 68.9 Å². The van der Waals surface area contributed by atoms with Crippen molar-refractivity contribution in [3.63, 3.8) is 0 Å². The number of rotatable bonds is 12. The van der Waals surface area contributed by atoms with E-state index in [1.54, 1.807) is 11.8 Å². The van der Waals surface area contributed by atoms with Gasteiger partial charge < -0.3 is 4.74 Å². The molecule has 0 unspecified atom stereocenters. The molecule has 0 aliphatic rings. The van der Waals surface area contributed by atoms with Gasteiger partial charge in [-0.05, 0) is 48.7 Å². The fourth-order valence-electron chi connectivity index (χ4n) is 2.95. The quantitative estimate of drug-likeness (QED) is 0.282. The number of hydrogen-bond donors (Lipinski definition) is 0. The summed E-state index contributed by atoms with van der Waals surface area (Å²) in [7, 11) is 0. The second-order valence-corrected chi connectivity index (χ2v) is 8.32. The van der Waals surface area contributed by atoms with Gasteiger partial charge in [-0.25, -0.2) is 0 Å². The van der Waals surface area contributed by atoms with Crippen LogP contribution < -0.4 is 4.74 Å².